The molecule has 1 heterocycles. The van der Waals surface area contributed by atoms with Gasteiger partial charge in [-0.05, 0) is 38.5 Å². The normalized spacial score (nSPS) is 28.9. The highest BCUT2D eigenvalue weighted by molar-refractivity contribution is 5.02. The first kappa shape index (κ1) is 16.3. The molecule has 0 radical (unpaired) electrons. The lowest BCUT2D eigenvalue weighted by molar-refractivity contribution is -0.0229. The molecule has 0 bridgehead atoms. The molecular formula is C18H36N2. The average Bonchev–Trinajstić information content (AvgIpc) is 2.42. The van der Waals surface area contributed by atoms with Gasteiger partial charge in [0.25, 0.3) is 0 Å². The minimum absolute atomic E-state index is 0.486. The van der Waals surface area contributed by atoms with Gasteiger partial charge < -0.3 is 5.32 Å². The standard InChI is InChI=1S/C18H36N2/c1-5-9-16(4)20-13-17(12-15(2)3)19-14-18(20)10-7-6-8-11-18/h15-17,19H,5-14H2,1-4H3. The second-order valence-electron chi connectivity index (χ2n) is 7.78. The van der Waals surface area contributed by atoms with E-state index in [-0.39, 0.29) is 0 Å². The molecule has 118 valence electrons. The quantitative estimate of drug-likeness (QED) is 0.812. The molecule has 2 aliphatic rings. The Hall–Kier alpha value is -0.0800. The van der Waals surface area contributed by atoms with Crippen LogP contribution in [-0.4, -0.2) is 35.6 Å². The Kier molecular flexibility index (Phi) is 5.92. The summed E-state index contributed by atoms with van der Waals surface area (Å²) in [6.07, 6.45) is 11.2. The maximum atomic E-state index is 3.90. The van der Waals surface area contributed by atoms with Gasteiger partial charge in [0.1, 0.15) is 0 Å². The van der Waals surface area contributed by atoms with Crippen LogP contribution >= 0.6 is 0 Å². The summed E-state index contributed by atoms with van der Waals surface area (Å²) in [5.74, 6) is 0.802. The van der Waals surface area contributed by atoms with E-state index in [4.69, 9.17) is 0 Å². The molecule has 2 rings (SSSR count). The minimum Gasteiger partial charge on any atom is -0.311 e. The lowest BCUT2D eigenvalue weighted by Crippen LogP contribution is -2.67. The van der Waals surface area contributed by atoms with Crippen molar-refractivity contribution in [2.75, 3.05) is 13.1 Å². The fraction of sp³-hybridized carbons (Fsp3) is 1.00. The third kappa shape index (κ3) is 3.76. The maximum Gasteiger partial charge on any atom is 0.0337 e. The third-order valence-electron chi connectivity index (χ3n) is 5.52. The smallest absolute Gasteiger partial charge is 0.0337 e. The van der Waals surface area contributed by atoms with Gasteiger partial charge in [0.05, 0.1) is 0 Å². The van der Waals surface area contributed by atoms with Crippen molar-refractivity contribution in [2.24, 2.45) is 5.92 Å². The van der Waals surface area contributed by atoms with E-state index in [9.17, 15) is 0 Å². The molecule has 2 unspecified atom stereocenters. The number of rotatable bonds is 5. The monoisotopic (exact) mass is 280 g/mol. The molecule has 2 nitrogen and oxygen atoms in total. The van der Waals surface area contributed by atoms with E-state index in [2.05, 4.69) is 37.9 Å². The van der Waals surface area contributed by atoms with Crippen molar-refractivity contribution in [2.45, 2.75) is 96.7 Å². The van der Waals surface area contributed by atoms with E-state index < -0.39 is 0 Å². The van der Waals surface area contributed by atoms with Crippen LogP contribution in [-0.2, 0) is 0 Å². The predicted molar refractivity (Wildman–Crippen MR) is 88.1 cm³/mol. The van der Waals surface area contributed by atoms with Gasteiger partial charge in [-0.2, -0.15) is 0 Å². The van der Waals surface area contributed by atoms with Gasteiger partial charge in [-0.3, -0.25) is 4.90 Å². The highest BCUT2D eigenvalue weighted by Gasteiger charge is 2.43. The summed E-state index contributed by atoms with van der Waals surface area (Å²) in [5, 5.41) is 3.90. The minimum atomic E-state index is 0.486. The fourth-order valence-electron chi connectivity index (χ4n) is 4.55. The molecule has 0 aromatic carbocycles. The van der Waals surface area contributed by atoms with Gasteiger partial charge in [-0.15, -0.1) is 0 Å². The van der Waals surface area contributed by atoms with Crippen molar-refractivity contribution in [1.29, 1.82) is 0 Å². The molecule has 20 heavy (non-hydrogen) atoms. The van der Waals surface area contributed by atoms with E-state index in [1.807, 2.05) is 0 Å². The molecule has 1 saturated carbocycles. The Labute approximate surface area is 126 Å². The summed E-state index contributed by atoms with van der Waals surface area (Å²) < 4.78 is 0. The Morgan fingerprint density at radius 3 is 2.45 bits per heavy atom. The molecular weight excluding hydrogens is 244 g/mol. The molecule has 0 aromatic heterocycles. The summed E-state index contributed by atoms with van der Waals surface area (Å²) in [6, 6.07) is 1.47. The first-order valence-corrected chi connectivity index (χ1v) is 9.07. The molecule has 1 aliphatic heterocycles. The van der Waals surface area contributed by atoms with Crippen LogP contribution in [0.25, 0.3) is 0 Å². The molecule has 2 heteroatoms. The van der Waals surface area contributed by atoms with Crippen LogP contribution < -0.4 is 5.32 Å². The zero-order valence-electron chi connectivity index (χ0n) is 14.3. The first-order chi connectivity index (χ1) is 9.57. The molecule has 0 amide bonds. The van der Waals surface area contributed by atoms with E-state index >= 15 is 0 Å². The lowest BCUT2D eigenvalue weighted by Gasteiger charge is -2.54. The van der Waals surface area contributed by atoms with E-state index in [0.717, 1.165) is 12.0 Å². The van der Waals surface area contributed by atoms with Crippen molar-refractivity contribution in [3.05, 3.63) is 0 Å². The summed E-state index contributed by atoms with van der Waals surface area (Å²) in [7, 11) is 0. The van der Waals surface area contributed by atoms with Gasteiger partial charge in [0.2, 0.25) is 0 Å². The molecule has 1 saturated heterocycles. The van der Waals surface area contributed by atoms with Crippen molar-refractivity contribution in [3.63, 3.8) is 0 Å². The Morgan fingerprint density at radius 2 is 1.85 bits per heavy atom. The Balaban J connectivity index is 2.07. The Morgan fingerprint density at radius 1 is 1.15 bits per heavy atom. The summed E-state index contributed by atoms with van der Waals surface area (Å²) in [4.78, 5) is 2.92. The molecule has 2 atom stereocenters. The SMILES string of the molecule is CCCC(C)N1CC(CC(C)C)NCC12CCCCC2. The van der Waals surface area contributed by atoms with E-state index in [1.54, 1.807) is 0 Å². The van der Waals surface area contributed by atoms with Crippen LogP contribution in [0.1, 0.15) is 79.1 Å². The largest absolute Gasteiger partial charge is 0.311 e. The summed E-state index contributed by atoms with van der Waals surface area (Å²) in [5.41, 5.74) is 0.486. The van der Waals surface area contributed by atoms with Crippen LogP contribution in [0, 0.1) is 5.92 Å². The highest BCUT2D eigenvalue weighted by atomic mass is 15.3. The van der Waals surface area contributed by atoms with Crippen LogP contribution in [0.4, 0.5) is 0 Å². The lowest BCUT2D eigenvalue weighted by atomic mass is 9.77. The molecule has 2 fully saturated rings. The fourth-order valence-corrected chi connectivity index (χ4v) is 4.55. The second-order valence-corrected chi connectivity index (χ2v) is 7.78. The molecule has 0 aromatic rings. The van der Waals surface area contributed by atoms with Crippen LogP contribution in [0.3, 0.4) is 0 Å². The van der Waals surface area contributed by atoms with Gasteiger partial charge in [-0.1, -0.05) is 46.5 Å². The van der Waals surface area contributed by atoms with Crippen LogP contribution in [0.5, 0.6) is 0 Å². The number of piperazine rings is 1. The first-order valence-electron chi connectivity index (χ1n) is 9.07. The molecule has 1 N–H and O–H groups in total. The van der Waals surface area contributed by atoms with Crippen LogP contribution in [0.2, 0.25) is 0 Å². The zero-order chi connectivity index (χ0) is 14.6. The number of hydrogen-bond donors (Lipinski definition) is 1. The van der Waals surface area contributed by atoms with Gasteiger partial charge in [0, 0.05) is 30.7 Å². The van der Waals surface area contributed by atoms with Crippen molar-refractivity contribution >= 4 is 0 Å². The van der Waals surface area contributed by atoms with Crippen molar-refractivity contribution in [1.82, 2.24) is 10.2 Å². The molecule has 1 spiro atoms. The second kappa shape index (κ2) is 7.26. The average molecular weight is 281 g/mol. The van der Waals surface area contributed by atoms with Gasteiger partial charge in [-0.25, -0.2) is 0 Å². The van der Waals surface area contributed by atoms with Crippen molar-refractivity contribution in [3.8, 4) is 0 Å². The maximum absolute atomic E-state index is 3.90. The Bertz CT molecular complexity index is 281. The van der Waals surface area contributed by atoms with E-state index in [1.165, 1.54) is 64.5 Å². The number of hydrogen-bond acceptors (Lipinski definition) is 2. The third-order valence-corrected chi connectivity index (χ3v) is 5.52. The summed E-state index contributed by atoms with van der Waals surface area (Å²) >= 11 is 0. The van der Waals surface area contributed by atoms with Gasteiger partial charge >= 0.3 is 0 Å². The highest BCUT2D eigenvalue weighted by Crippen LogP contribution is 2.37. The predicted octanol–water partition coefficient (Wildman–Crippen LogP) is 4.20. The van der Waals surface area contributed by atoms with Gasteiger partial charge in [0.15, 0.2) is 0 Å². The van der Waals surface area contributed by atoms with Crippen molar-refractivity contribution < 1.29 is 0 Å². The molecule has 1 aliphatic carbocycles. The van der Waals surface area contributed by atoms with Crippen LogP contribution in [0.15, 0.2) is 0 Å². The number of nitrogens with zero attached hydrogens (tertiary/aromatic N) is 1. The van der Waals surface area contributed by atoms with E-state index in [0.29, 0.717) is 11.6 Å². The topological polar surface area (TPSA) is 15.3 Å². The number of nitrogens with one attached hydrogen (secondary N) is 1. The summed E-state index contributed by atoms with van der Waals surface area (Å²) in [6.45, 7) is 12.0. The zero-order valence-corrected chi connectivity index (χ0v) is 14.3.